The number of fused-ring (bicyclic) bond motifs is 2. The largest absolute Gasteiger partial charge is 0.486 e. The molecule has 0 saturated heterocycles. The Labute approximate surface area is 396 Å². The van der Waals surface area contributed by atoms with Crippen LogP contribution in [0.3, 0.4) is 0 Å². The molecule has 20 heteroatoms. The topological polar surface area (TPSA) is 239 Å². The number of aromatic nitrogens is 8. The fraction of sp³-hybridized carbons (Fsp3) is 0.208. The van der Waals surface area contributed by atoms with Crippen molar-refractivity contribution < 1.29 is 19.1 Å². The van der Waals surface area contributed by atoms with Crippen molar-refractivity contribution in [2.24, 2.45) is 10.9 Å². The second-order valence-electron chi connectivity index (χ2n) is 16.0. The molecule has 1 fully saturated rings. The van der Waals surface area contributed by atoms with Crippen LogP contribution in [0.5, 0.6) is 11.5 Å². The summed E-state index contributed by atoms with van der Waals surface area (Å²) in [5.41, 5.74) is 2.07. The predicted molar refractivity (Wildman–Crippen MR) is 256 cm³/mol. The summed E-state index contributed by atoms with van der Waals surface area (Å²) in [6.07, 6.45) is 3.13. The van der Waals surface area contributed by atoms with Crippen LogP contribution < -0.4 is 31.2 Å². The highest BCUT2D eigenvalue weighted by Crippen LogP contribution is 2.32. The lowest BCUT2D eigenvalue weighted by Gasteiger charge is -2.25. The van der Waals surface area contributed by atoms with Gasteiger partial charge in [-0.05, 0) is 48.6 Å². The van der Waals surface area contributed by atoms with Crippen molar-refractivity contribution >= 4 is 58.1 Å². The second kappa shape index (κ2) is 19.9. The van der Waals surface area contributed by atoms with E-state index in [1.54, 1.807) is 24.3 Å². The van der Waals surface area contributed by atoms with Gasteiger partial charge in [0, 0.05) is 55.4 Å². The lowest BCUT2D eigenvalue weighted by molar-refractivity contribution is 0.0932. The molecule has 0 radical (unpaired) electrons. The molecule has 9 rings (SSSR count). The number of aromatic amines is 2. The minimum atomic E-state index is -0.643. The van der Waals surface area contributed by atoms with E-state index in [-0.39, 0.29) is 93.2 Å². The fourth-order valence-corrected chi connectivity index (χ4v) is 8.15. The molecular formula is C48H42Cl2N12O6. The van der Waals surface area contributed by atoms with Crippen molar-refractivity contribution in [1.82, 2.24) is 49.8 Å². The molecule has 68 heavy (non-hydrogen) atoms. The van der Waals surface area contributed by atoms with Crippen LogP contribution in [0.4, 0.5) is 0 Å². The van der Waals surface area contributed by atoms with Gasteiger partial charge in [0.15, 0.2) is 11.6 Å². The van der Waals surface area contributed by atoms with Crippen LogP contribution >= 0.6 is 23.2 Å². The lowest BCUT2D eigenvalue weighted by atomic mass is 9.85. The third kappa shape index (κ3) is 10.1. The van der Waals surface area contributed by atoms with Crippen molar-refractivity contribution in [2.45, 2.75) is 45.3 Å². The highest BCUT2D eigenvalue weighted by atomic mass is 35.5. The summed E-state index contributed by atoms with van der Waals surface area (Å²) in [5.74, 6) is 0.953. The number of benzene rings is 4. The first-order valence-electron chi connectivity index (χ1n) is 21.6. The van der Waals surface area contributed by atoms with Crippen molar-refractivity contribution in [3.05, 3.63) is 162 Å². The van der Waals surface area contributed by atoms with E-state index in [1.807, 2.05) is 60.7 Å². The molecule has 1 aliphatic rings. The van der Waals surface area contributed by atoms with Crippen molar-refractivity contribution in [1.29, 1.82) is 5.41 Å². The molecule has 4 aromatic heterocycles. The van der Waals surface area contributed by atoms with E-state index in [2.05, 4.69) is 45.8 Å². The fourth-order valence-electron chi connectivity index (χ4n) is 7.58. The number of carbonyl (C=O) groups is 2. The summed E-state index contributed by atoms with van der Waals surface area (Å²) in [5, 5.41) is 20.8. The molecule has 18 nitrogen and oxygen atoms in total. The normalized spacial score (nSPS) is 12.8. The maximum Gasteiger partial charge on any atom is 0.274 e. The number of hydrogen-bond donors (Lipinski definition) is 5. The summed E-state index contributed by atoms with van der Waals surface area (Å²) in [4.78, 5) is 75.8. The Hall–Kier alpha value is -7.96. The number of ether oxygens (including phenoxy) is 2. The average molecular weight is 954 g/mol. The van der Waals surface area contributed by atoms with Gasteiger partial charge in [0.25, 0.3) is 34.5 Å². The zero-order valence-corrected chi connectivity index (χ0v) is 37.9. The van der Waals surface area contributed by atoms with E-state index in [0.717, 1.165) is 30.4 Å². The van der Waals surface area contributed by atoms with Crippen molar-refractivity contribution in [3.63, 3.8) is 0 Å². The molecule has 0 bridgehead atoms. The van der Waals surface area contributed by atoms with Gasteiger partial charge in [-0.25, -0.2) is 9.97 Å². The lowest BCUT2D eigenvalue weighted by Crippen LogP contribution is -2.33. The van der Waals surface area contributed by atoms with Crippen LogP contribution in [-0.2, 0) is 19.6 Å². The van der Waals surface area contributed by atoms with Gasteiger partial charge in [0.1, 0.15) is 36.1 Å². The standard InChI is InChI=1S/C48H42Cl2N12O6/c1-52-38(56-46(66)41-34(49)16-9-17-36(41)67-25-32-22-39(63)61-47(54-32)57-43(59-61)29-12-4-2-5-13-29)21-31(51)18-28-19-35(50)42(45(65)53-24-27-10-8-11-27)37(20-28)68-26-33-23-40(64)62-48(55-33)58-44(60-62)30-14-6-3-7-15-30/h2-7,9,12-17,19-20,22-23,27,51H,8,10-11,18,21,24-26H2,1H3,(H,53,65)(H,52,56,66)(H,54,57,59)(H,55,58,60). The number of aliphatic imine (C=N–C) groups is 1. The third-order valence-electron chi connectivity index (χ3n) is 11.3. The molecule has 4 aromatic carbocycles. The zero-order chi connectivity index (χ0) is 47.3. The molecule has 0 unspecified atom stereocenters. The van der Waals surface area contributed by atoms with Gasteiger partial charge in [0.05, 0.1) is 27.0 Å². The van der Waals surface area contributed by atoms with E-state index in [1.165, 1.54) is 34.3 Å². The second-order valence-corrected chi connectivity index (χ2v) is 16.9. The van der Waals surface area contributed by atoms with Gasteiger partial charge >= 0.3 is 0 Å². The van der Waals surface area contributed by atoms with E-state index in [0.29, 0.717) is 29.7 Å². The molecule has 1 saturated carbocycles. The molecule has 344 valence electrons. The summed E-state index contributed by atoms with van der Waals surface area (Å²) in [6, 6.07) is 29.2. The van der Waals surface area contributed by atoms with E-state index < -0.39 is 22.9 Å². The smallest absolute Gasteiger partial charge is 0.274 e. The first-order chi connectivity index (χ1) is 33.0. The van der Waals surface area contributed by atoms with Crippen LogP contribution in [0, 0.1) is 11.3 Å². The Balaban J connectivity index is 0.884. The van der Waals surface area contributed by atoms with Gasteiger partial charge in [-0.2, -0.15) is 19.0 Å². The zero-order valence-electron chi connectivity index (χ0n) is 36.4. The van der Waals surface area contributed by atoms with Gasteiger partial charge in [-0.3, -0.25) is 34.4 Å². The number of amidine groups is 1. The molecular weight excluding hydrogens is 912 g/mol. The highest BCUT2D eigenvalue weighted by Gasteiger charge is 2.24. The SMILES string of the molecule is CN=C(CC(=N)Cc1cc(Cl)c(C(=O)NCC2CCC2)c(OCc2cc(=O)n3[nH]c(-c4ccccc4)nc3n2)c1)NC(=O)c1c(Cl)cccc1OCc1cc(=O)n2[nH]c(-c3ccccc3)nc2n1. The number of carbonyl (C=O) groups excluding carboxylic acids is 2. The number of halogens is 2. The number of H-pyrrole nitrogens is 2. The van der Waals surface area contributed by atoms with Crippen molar-refractivity contribution in [2.75, 3.05) is 13.6 Å². The average Bonchev–Trinajstić information content (AvgIpc) is 3.96. The minimum absolute atomic E-state index is 0.00535. The first kappa shape index (κ1) is 45.2. The number of rotatable bonds is 16. The van der Waals surface area contributed by atoms with Gasteiger partial charge < -0.3 is 25.5 Å². The minimum Gasteiger partial charge on any atom is -0.486 e. The van der Waals surface area contributed by atoms with Crippen LogP contribution in [0.2, 0.25) is 10.0 Å². The Morgan fingerprint density at radius 1 is 0.735 bits per heavy atom. The highest BCUT2D eigenvalue weighted by molar-refractivity contribution is 6.35. The first-order valence-corrected chi connectivity index (χ1v) is 22.3. The summed E-state index contributed by atoms with van der Waals surface area (Å²) < 4.78 is 14.7. The quantitative estimate of drug-likeness (QED) is 0.0497. The molecule has 0 spiro atoms. The molecule has 0 aliphatic heterocycles. The van der Waals surface area contributed by atoms with Gasteiger partial charge in [0.2, 0.25) is 0 Å². The Morgan fingerprint density at radius 2 is 1.31 bits per heavy atom. The third-order valence-corrected chi connectivity index (χ3v) is 11.9. The number of amides is 2. The Morgan fingerprint density at radius 3 is 1.87 bits per heavy atom. The Bertz CT molecular complexity index is 3360. The van der Waals surface area contributed by atoms with Crippen LogP contribution in [0.1, 0.15) is 63.4 Å². The molecule has 0 atom stereocenters. The van der Waals surface area contributed by atoms with Crippen LogP contribution in [0.15, 0.2) is 118 Å². The van der Waals surface area contributed by atoms with E-state index in [4.69, 9.17) is 38.1 Å². The molecule has 1 aliphatic carbocycles. The van der Waals surface area contributed by atoms with E-state index >= 15 is 0 Å². The van der Waals surface area contributed by atoms with Gasteiger partial charge in [-0.15, -0.1) is 0 Å². The monoisotopic (exact) mass is 952 g/mol. The summed E-state index contributed by atoms with van der Waals surface area (Å²) >= 11 is 13.4. The van der Waals surface area contributed by atoms with E-state index in [9.17, 15) is 19.2 Å². The maximum atomic E-state index is 13.8. The molecule has 8 aromatic rings. The Kier molecular flexibility index (Phi) is 13.2. The van der Waals surface area contributed by atoms with Crippen molar-refractivity contribution in [3.8, 4) is 34.3 Å². The predicted octanol–water partition coefficient (Wildman–Crippen LogP) is 6.89. The van der Waals surface area contributed by atoms with Crippen LogP contribution in [-0.4, -0.2) is 76.1 Å². The summed E-state index contributed by atoms with van der Waals surface area (Å²) in [6.45, 7) is 0.108. The summed E-state index contributed by atoms with van der Waals surface area (Å²) in [7, 11) is 1.48. The molecule has 4 heterocycles. The maximum absolute atomic E-state index is 13.8. The molecule has 2 amide bonds. The van der Waals surface area contributed by atoms with Gasteiger partial charge in [-0.1, -0.05) is 96.4 Å². The number of nitrogens with one attached hydrogen (secondary N) is 5. The molecule has 5 N–H and O–H groups in total. The number of hydrogen-bond acceptors (Lipinski definition) is 12. The number of nitrogens with zero attached hydrogens (tertiary/aromatic N) is 7. The van der Waals surface area contributed by atoms with Crippen LogP contribution in [0.25, 0.3) is 34.3 Å².